The Kier molecular flexibility index (Phi) is 5.45. The molecular formula is C18H29NO3. The van der Waals surface area contributed by atoms with Crippen LogP contribution in [0.1, 0.15) is 47.0 Å². The molecular weight excluding hydrogens is 278 g/mol. The topological polar surface area (TPSA) is 49.8 Å². The van der Waals surface area contributed by atoms with Crippen molar-refractivity contribution in [2.45, 2.75) is 58.7 Å². The van der Waals surface area contributed by atoms with E-state index >= 15 is 0 Å². The first-order chi connectivity index (χ1) is 10.3. The predicted molar refractivity (Wildman–Crippen MR) is 87.5 cm³/mol. The summed E-state index contributed by atoms with van der Waals surface area (Å²) >= 11 is 0. The van der Waals surface area contributed by atoms with E-state index in [0.717, 1.165) is 18.5 Å². The van der Waals surface area contributed by atoms with Gasteiger partial charge < -0.3 is 9.84 Å². The summed E-state index contributed by atoms with van der Waals surface area (Å²) in [5.41, 5.74) is 1.73. The molecule has 2 unspecified atom stereocenters. The highest BCUT2D eigenvalue weighted by Gasteiger charge is 2.30. The number of carbonyl (C=O) groups excluding carboxylic acids is 1. The maximum Gasteiger partial charge on any atom is 0.312 e. The number of allylic oxidation sites excluding steroid dienone is 2. The fourth-order valence-electron chi connectivity index (χ4n) is 2.99. The highest BCUT2D eigenvalue weighted by molar-refractivity contribution is 5.73. The van der Waals surface area contributed by atoms with E-state index in [4.69, 9.17) is 4.74 Å². The number of nitrogens with zero attached hydrogens (tertiary/aromatic N) is 1. The van der Waals surface area contributed by atoms with Crippen LogP contribution in [0.4, 0.5) is 0 Å². The fourth-order valence-corrected chi connectivity index (χ4v) is 2.99. The van der Waals surface area contributed by atoms with E-state index in [1.165, 1.54) is 31.5 Å². The van der Waals surface area contributed by atoms with Crippen LogP contribution in [0, 0.1) is 5.92 Å². The van der Waals surface area contributed by atoms with Gasteiger partial charge in [0.15, 0.2) is 0 Å². The minimum absolute atomic E-state index is 0.339. The van der Waals surface area contributed by atoms with Crippen molar-refractivity contribution in [2.24, 2.45) is 5.92 Å². The molecule has 22 heavy (non-hydrogen) atoms. The average molecular weight is 307 g/mol. The summed E-state index contributed by atoms with van der Waals surface area (Å²) in [5, 5.41) is 10.4. The standard InChI is InChI=1S/C18H29NO3/c1-13(17(21)22-18(2,3)4)16(20)15-8-7-14(11-15)12-19-9-5-6-10-19/h7-8,13,16,20H,5-6,9-12H2,1-4H3. The van der Waals surface area contributed by atoms with E-state index in [-0.39, 0.29) is 5.97 Å². The lowest BCUT2D eigenvalue weighted by Gasteiger charge is -2.25. The van der Waals surface area contributed by atoms with Gasteiger partial charge in [-0.2, -0.15) is 0 Å². The van der Waals surface area contributed by atoms with Crippen LogP contribution in [0.25, 0.3) is 0 Å². The quantitative estimate of drug-likeness (QED) is 0.793. The third-order valence-electron chi connectivity index (χ3n) is 4.22. The molecule has 4 nitrogen and oxygen atoms in total. The van der Waals surface area contributed by atoms with Crippen LogP contribution in [0.5, 0.6) is 0 Å². The van der Waals surface area contributed by atoms with Crippen LogP contribution >= 0.6 is 0 Å². The molecule has 2 atom stereocenters. The van der Waals surface area contributed by atoms with Gasteiger partial charge in [-0.25, -0.2) is 0 Å². The molecule has 1 saturated heterocycles. The Bertz CT molecular complexity index is 467. The minimum atomic E-state index is -0.762. The number of rotatable bonds is 5. The maximum absolute atomic E-state index is 12.1. The highest BCUT2D eigenvalue weighted by Crippen LogP contribution is 2.28. The summed E-state index contributed by atoms with van der Waals surface area (Å²) in [6.45, 7) is 10.6. The van der Waals surface area contributed by atoms with E-state index in [1.54, 1.807) is 6.92 Å². The molecule has 1 N–H and O–H groups in total. The molecule has 1 aliphatic heterocycles. The SMILES string of the molecule is CC(C(=O)OC(C)(C)C)C(O)C1=CC=C(CN2CCCC2)C1. The summed E-state index contributed by atoms with van der Waals surface area (Å²) < 4.78 is 5.36. The number of hydrogen-bond donors (Lipinski definition) is 1. The summed E-state index contributed by atoms with van der Waals surface area (Å²) in [4.78, 5) is 14.5. The third kappa shape index (κ3) is 4.68. The van der Waals surface area contributed by atoms with Gasteiger partial charge in [-0.3, -0.25) is 9.69 Å². The zero-order chi connectivity index (χ0) is 16.3. The van der Waals surface area contributed by atoms with Gasteiger partial charge in [0.05, 0.1) is 12.0 Å². The van der Waals surface area contributed by atoms with Crippen molar-refractivity contribution < 1.29 is 14.6 Å². The Morgan fingerprint density at radius 1 is 1.32 bits per heavy atom. The number of hydrogen-bond acceptors (Lipinski definition) is 4. The zero-order valence-electron chi connectivity index (χ0n) is 14.3. The van der Waals surface area contributed by atoms with Crippen molar-refractivity contribution in [2.75, 3.05) is 19.6 Å². The van der Waals surface area contributed by atoms with E-state index in [2.05, 4.69) is 11.0 Å². The molecule has 0 amide bonds. The van der Waals surface area contributed by atoms with Gasteiger partial charge in [-0.1, -0.05) is 17.7 Å². The lowest BCUT2D eigenvalue weighted by Crippen LogP contribution is -2.34. The number of aliphatic hydroxyl groups is 1. The average Bonchev–Trinajstić information content (AvgIpc) is 3.07. The lowest BCUT2D eigenvalue weighted by atomic mass is 9.95. The monoisotopic (exact) mass is 307 g/mol. The van der Waals surface area contributed by atoms with Crippen molar-refractivity contribution in [3.05, 3.63) is 23.3 Å². The van der Waals surface area contributed by atoms with Crippen molar-refractivity contribution in [3.8, 4) is 0 Å². The van der Waals surface area contributed by atoms with Gasteiger partial charge in [0.1, 0.15) is 5.60 Å². The van der Waals surface area contributed by atoms with Crippen LogP contribution in [0.15, 0.2) is 23.3 Å². The first-order valence-corrected chi connectivity index (χ1v) is 8.28. The molecule has 124 valence electrons. The van der Waals surface area contributed by atoms with Gasteiger partial charge in [-0.05, 0) is 65.6 Å². The number of esters is 1. The predicted octanol–water partition coefficient (Wildman–Crippen LogP) is 2.68. The second-order valence-electron chi connectivity index (χ2n) is 7.49. The van der Waals surface area contributed by atoms with Crippen molar-refractivity contribution in [3.63, 3.8) is 0 Å². The second kappa shape index (κ2) is 6.97. The summed E-state index contributed by atoms with van der Waals surface area (Å²) in [5.74, 6) is -0.876. The first-order valence-electron chi connectivity index (χ1n) is 8.28. The number of ether oxygens (including phenoxy) is 1. The van der Waals surface area contributed by atoms with Crippen LogP contribution < -0.4 is 0 Å². The first kappa shape index (κ1) is 17.2. The van der Waals surface area contributed by atoms with Crippen molar-refractivity contribution in [1.29, 1.82) is 0 Å². The Morgan fingerprint density at radius 2 is 1.95 bits per heavy atom. The van der Waals surface area contributed by atoms with Crippen LogP contribution in [0.2, 0.25) is 0 Å². The lowest BCUT2D eigenvalue weighted by molar-refractivity contribution is -0.162. The molecule has 1 heterocycles. The molecule has 0 aromatic carbocycles. The molecule has 0 aromatic rings. The zero-order valence-corrected chi connectivity index (χ0v) is 14.3. The maximum atomic E-state index is 12.1. The Labute approximate surface area is 133 Å². The number of carbonyl (C=O) groups is 1. The molecule has 1 aliphatic carbocycles. The summed E-state index contributed by atoms with van der Waals surface area (Å²) in [6.07, 6.45) is 6.64. The molecule has 0 spiro atoms. The normalized spacial score (nSPS) is 22.2. The van der Waals surface area contributed by atoms with Crippen LogP contribution in [-0.2, 0) is 9.53 Å². The Balaban J connectivity index is 1.83. The molecule has 0 aromatic heterocycles. The van der Waals surface area contributed by atoms with Gasteiger partial charge >= 0.3 is 5.97 Å². The van der Waals surface area contributed by atoms with Gasteiger partial charge in [0.2, 0.25) is 0 Å². The molecule has 0 bridgehead atoms. The smallest absolute Gasteiger partial charge is 0.312 e. The van der Waals surface area contributed by atoms with Gasteiger partial charge in [0.25, 0.3) is 0 Å². The molecule has 2 rings (SSSR count). The Morgan fingerprint density at radius 3 is 2.55 bits per heavy atom. The number of aliphatic hydroxyl groups excluding tert-OH is 1. The highest BCUT2D eigenvalue weighted by atomic mass is 16.6. The second-order valence-corrected chi connectivity index (χ2v) is 7.49. The minimum Gasteiger partial charge on any atom is -0.460 e. The van der Waals surface area contributed by atoms with Crippen LogP contribution in [0.3, 0.4) is 0 Å². The van der Waals surface area contributed by atoms with E-state index in [9.17, 15) is 9.90 Å². The fraction of sp³-hybridized carbons (Fsp3) is 0.722. The Hall–Kier alpha value is -1.13. The molecule has 2 aliphatic rings. The largest absolute Gasteiger partial charge is 0.460 e. The third-order valence-corrected chi connectivity index (χ3v) is 4.22. The van der Waals surface area contributed by atoms with Crippen molar-refractivity contribution in [1.82, 2.24) is 4.90 Å². The summed E-state index contributed by atoms with van der Waals surface area (Å²) in [6, 6.07) is 0. The van der Waals surface area contributed by atoms with E-state index in [1.807, 2.05) is 26.8 Å². The number of likely N-dealkylation sites (tertiary alicyclic amines) is 1. The summed E-state index contributed by atoms with van der Waals surface area (Å²) in [7, 11) is 0. The molecule has 4 heteroatoms. The molecule has 0 radical (unpaired) electrons. The van der Waals surface area contributed by atoms with Crippen molar-refractivity contribution >= 4 is 5.97 Å². The van der Waals surface area contributed by atoms with Crippen LogP contribution in [-0.4, -0.2) is 47.3 Å². The van der Waals surface area contributed by atoms with Gasteiger partial charge in [-0.15, -0.1) is 0 Å². The van der Waals surface area contributed by atoms with E-state index < -0.39 is 17.6 Å². The van der Waals surface area contributed by atoms with E-state index in [0.29, 0.717) is 0 Å². The van der Waals surface area contributed by atoms with Gasteiger partial charge in [0, 0.05) is 6.54 Å². The molecule has 0 saturated carbocycles. The molecule has 1 fully saturated rings.